The standard InChI is InChI=1S/C43H66O6Si/c1-14-15-16-32(3)42(48-30-37-20-24-39(46-11)25-21-37)35(6)40(44)26-17-31(2)27-33(4)41(49-50(12,13)43(7,8)9)34(5)28-47-29-36-18-22-38(45-10)23-19-36/h14-26,31-35,41-42H,1,27-30H2,2-13H3/b16-15-,26-17+/t31-,32-,33-,34-,35-,41+,42-/m0/s1. The van der Waals surface area contributed by atoms with Crippen molar-refractivity contribution in [2.24, 2.45) is 29.6 Å². The average Bonchev–Trinajstić information content (AvgIpc) is 3.08. The molecule has 0 aliphatic carbocycles. The van der Waals surface area contributed by atoms with Crippen LogP contribution in [0.1, 0.15) is 72.9 Å². The van der Waals surface area contributed by atoms with E-state index in [1.165, 1.54) is 0 Å². The molecule has 0 aromatic heterocycles. The Kier molecular flexibility index (Phi) is 17.9. The van der Waals surface area contributed by atoms with Gasteiger partial charge in [0.05, 0.1) is 46.2 Å². The molecule has 7 atom stereocenters. The third kappa shape index (κ3) is 14.0. The zero-order valence-electron chi connectivity index (χ0n) is 33.0. The van der Waals surface area contributed by atoms with Crippen molar-refractivity contribution in [2.45, 2.75) is 105 Å². The normalized spacial score (nSPS) is 16.8. The molecule has 50 heavy (non-hydrogen) atoms. The molecule has 0 aliphatic rings. The van der Waals surface area contributed by atoms with Gasteiger partial charge in [-0.25, -0.2) is 0 Å². The maximum absolute atomic E-state index is 13.6. The molecule has 0 heterocycles. The lowest BCUT2D eigenvalue weighted by Gasteiger charge is -2.43. The van der Waals surface area contributed by atoms with Gasteiger partial charge in [0, 0.05) is 17.8 Å². The molecule has 0 spiro atoms. The molecule has 0 saturated heterocycles. The first-order valence-electron chi connectivity index (χ1n) is 18.2. The lowest BCUT2D eigenvalue weighted by atomic mass is 9.86. The van der Waals surface area contributed by atoms with Crippen molar-refractivity contribution in [3.8, 4) is 11.5 Å². The number of benzene rings is 2. The molecule has 0 N–H and O–H groups in total. The van der Waals surface area contributed by atoms with E-state index in [1.807, 2.05) is 67.6 Å². The first kappa shape index (κ1) is 43.2. The fourth-order valence-electron chi connectivity index (χ4n) is 5.89. The number of allylic oxidation sites excluding steroid dienone is 4. The zero-order valence-corrected chi connectivity index (χ0v) is 34.0. The fraction of sp³-hybridized carbons (Fsp3) is 0.558. The van der Waals surface area contributed by atoms with E-state index >= 15 is 0 Å². The van der Waals surface area contributed by atoms with Gasteiger partial charge in [0.25, 0.3) is 0 Å². The van der Waals surface area contributed by atoms with Crippen molar-refractivity contribution in [2.75, 3.05) is 20.8 Å². The average molecular weight is 707 g/mol. The van der Waals surface area contributed by atoms with Crippen LogP contribution in [0.4, 0.5) is 0 Å². The Morgan fingerprint density at radius 1 is 0.800 bits per heavy atom. The highest BCUT2D eigenvalue weighted by molar-refractivity contribution is 6.74. The van der Waals surface area contributed by atoms with Gasteiger partial charge in [-0.15, -0.1) is 0 Å². The van der Waals surface area contributed by atoms with Crippen LogP contribution >= 0.6 is 0 Å². The number of rotatable bonds is 22. The molecule has 7 heteroatoms. The van der Waals surface area contributed by atoms with E-state index < -0.39 is 8.32 Å². The molecule has 0 saturated carbocycles. The molecular weight excluding hydrogens is 641 g/mol. The summed E-state index contributed by atoms with van der Waals surface area (Å²) in [5.41, 5.74) is 2.15. The van der Waals surface area contributed by atoms with Crippen LogP contribution in [0.3, 0.4) is 0 Å². The summed E-state index contributed by atoms with van der Waals surface area (Å²) in [6, 6.07) is 15.8. The van der Waals surface area contributed by atoms with Crippen LogP contribution in [0.5, 0.6) is 11.5 Å². The quantitative estimate of drug-likeness (QED) is 0.0690. The monoisotopic (exact) mass is 706 g/mol. The maximum Gasteiger partial charge on any atom is 0.192 e. The molecule has 0 amide bonds. The van der Waals surface area contributed by atoms with Crippen LogP contribution < -0.4 is 9.47 Å². The number of hydrogen-bond acceptors (Lipinski definition) is 6. The highest BCUT2D eigenvalue weighted by Gasteiger charge is 2.41. The van der Waals surface area contributed by atoms with Crippen molar-refractivity contribution in [1.29, 1.82) is 0 Å². The van der Waals surface area contributed by atoms with E-state index in [4.69, 9.17) is 23.4 Å². The molecule has 0 bridgehead atoms. The van der Waals surface area contributed by atoms with E-state index in [1.54, 1.807) is 26.4 Å². The molecule has 2 aromatic rings. The Labute approximate surface area is 305 Å². The molecule has 278 valence electrons. The Morgan fingerprint density at radius 3 is 1.84 bits per heavy atom. The number of hydrogen-bond donors (Lipinski definition) is 0. The molecule has 2 aromatic carbocycles. The van der Waals surface area contributed by atoms with Gasteiger partial charge in [-0.05, 0) is 77.9 Å². The third-order valence-corrected chi connectivity index (χ3v) is 14.6. The van der Waals surface area contributed by atoms with Crippen LogP contribution in [0, 0.1) is 29.6 Å². The van der Waals surface area contributed by atoms with Crippen molar-refractivity contribution < 1.29 is 28.2 Å². The van der Waals surface area contributed by atoms with Crippen molar-refractivity contribution in [3.63, 3.8) is 0 Å². The first-order chi connectivity index (χ1) is 23.5. The summed E-state index contributed by atoms with van der Waals surface area (Å²) in [5.74, 6) is 2.06. The molecular formula is C43H66O6Si. The summed E-state index contributed by atoms with van der Waals surface area (Å²) in [6.45, 7) is 27.6. The first-order valence-corrected chi connectivity index (χ1v) is 21.1. The van der Waals surface area contributed by atoms with Crippen LogP contribution in [-0.2, 0) is 31.9 Å². The largest absolute Gasteiger partial charge is 0.497 e. The van der Waals surface area contributed by atoms with E-state index in [9.17, 15) is 4.79 Å². The van der Waals surface area contributed by atoms with Gasteiger partial charge in [0.2, 0.25) is 0 Å². The summed E-state index contributed by atoms with van der Waals surface area (Å²) < 4.78 is 30.3. The molecule has 2 rings (SSSR count). The smallest absolute Gasteiger partial charge is 0.192 e. The fourth-order valence-corrected chi connectivity index (χ4v) is 7.39. The molecule has 6 nitrogen and oxygen atoms in total. The second-order valence-electron chi connectivity index (χ2n) is 15.5. The number of ether oxygens (including phenoxy) is 4. The number of ketones is 1. The predicted molar refractivity (Wildman–Crippen MR) is 210 cm³/mol. The minimum absolute atomic E-state index is 0.0257. The van der Waals surface area contributed by atoms with Gasteiger partial charge in [0.15, 0.2) is 14.1 Å². The van der Waals surface area contributed by atoms with Crippen molar-refractivity contribution in [3.05, 3.63) is 96.6 Å². The van der Waals surface area contributed by atoms with Crippen LogP contribution in [0.15, 0.2) is 85.5 Å². The van der Waals surface area contributed by atoms with Crippen LogP contribution in [0.25, 0.3) is 0 Å². The molecule has 0 unspecified atom stereocenters. The topological polar surface area (TPSA) is 63.2 Å². The summed E-state index contributed by atoms with van der Waals surface area (Å²) >= 11 is 0. The molecule has 0 aliphatic heterocycles. The Hall–Kier alpha value is -2.97. The van der Waals surface area contributed by atoms with Gasteiger partial charge >= 0.3 is 0 Å². The van der Waals surface area contributed by atoms with Crippen LogP contribution in [-0.4, -0.2) is 47.1 Å². The Bertz CT molecular complexity index is 1340. The lowest BCUT2D eigenvalue weighted by Crippen LogP contribution is -2.48. The van der Waals surface area contributed by atoms with Gasteiger partial charge in [-0.2, -0.15) is 0 Å². The second kappa shape index (κ2) is 20.8. The Morgan fingerprint density at radius 2 is 1.34 bits per heavy atom. The van der Waals surface area contributed by atoms with Gasteiger partial charge in [-0.3, -0.25) is 4.79 Å². The lowest BCUT2D eigenvalue weighted by molar-refractivity contribution is -0.124. The van der Waals surface area contributed by atoms with Gasteiger partial charge in [-0.1, -0.05) is 111 Å². The second-order valence-corrected chi connectivity index (χ2v) is 20.3. The van der Waals surface area contributed by atoms with E-state index in [0.717, 1.165) is 29.0 Å². The summed E-state index contributed by atoms with van der Waals surface area (Å²) in [5, 5.41) is 0.0900. The number of methoxy groups -OCH3 is 2. The van der Waals surface area contributed by atoms with E-state index in [2.05, 4.69) is 74.2 Å². The summed E-state index contributed by atoms with van der Waals surface area (Å²) in [4.78, 5) is 13.6. The zero-order chi connectivity index (χ0) is 37.5. The van der Waals surface area contributed by atoms with Gasteiger partial charge in [0.1, 0.15) is 11.5 Å². The predicted octanol–water partition coefficient (Wildman–Crippen LogP) is 10.6. The van der Waals surface area contributed by atoms with Gasteiger partial charge < -0.3 is 23.4 Å². The highest BCUT2D eigenvalue weighted by atomic mass is 28.4. The van der Waals surface area contributed by atoms with Crippen LogP contribution in [0.2, 0.25) is 18.1 Å². The Balaban J connectivity index is 2.12. The minimum atomic E-state index is -2.05. The number of carbonyl (C=O) groups is 1. The van der Waals surface area contributed by atoms with Crippen molar-refractivity contribution in [1.82, 2.24) is 0 Å². The third-order valence-electron chi connectivity index (χ3n) is 10.1. The van der Waals surface area contributed by atoms with Crippen molar-refractivity contribution >= 4 is 14.1 Å². The molecule has 0 fully saturated rings. The van der Waals surface area contributed by atoms with E-state index in [0.29, 0.717) is 19.8 Å². The SMILES string of the molecule is C=C/C=C\[C@H](C)[C@H](OCc1ccc(OC)cc1)[C@@H](C)C(=O)/C=C/[C@H](C)C[C@H](C)[C@@H](O[Si](C)(C)C(C)(C)C)[C@@H](C)COCc1ccc(OC)cc1. The van der Waals surface area contributed by atoms with E-state index in [-0.39, 0.29) is 52.6 Å². The maximum atomic E-state index is 13.6. The minimum Gasteiger partial charge on any atom is -0.497 e. The molecule has 0 radical (unpaired) electrons. The highest BCUT2D eigenvalue weighted by Crippen LogP contribution is 2.40. The number of carbonyl (C=O) groups excluding carboxylic acids is 1. The summed E-state index contributed by atoms with van der Waals surface area (Å²) in [6.07, 6.45) is 10.2. The summed E-state index contributed by atoms with van der Waals surface area (Å²) in [7, 11) is 1.27.